The summed E-state index contributed by atoms with van der Waals surface area (Å²) in [7, 11) is 1.70. The van der Waals surface area contributed by atoms with Gasteiger partial charge >= 0.3 is 0 Å². The van der Waals surface area contributed by atoms with E-state index in [1.54, 1.807) is 7.11 Å². The van der Waals surface area contributed by atoms with Gasteiger partial charge in [-0.1, -0.05) is 60.7 Å². The first kappa shape index (κ1) is 12.8. The number of benzene rings is 3. The zero-order valence-electron chi connectivity index (χ0n) is 12.3. The topological polar surface area (TPSA) is 22.1 Å². The second-order valence-corrected chi connectivity index (χ2v) is 5.23. The van der Waals surface area contributed by atoms with Gasteiger partial charge in [-0.15, -0.1) is 0 Å². The third-order valence-corrected chi connectivity index (χ3v) is 3.96. The first-order valence-corrected chi connectivity index (χ1v) is 7.29. The van der Waals surface area contributed by atoms with Gasteiger partial charge in [0.05, 0.1) is 23.7 Å². The summed E-state index contributed by atoms with van der Waals surface area (Å²) in [5, 5.41) is 3.38. The Labute approximate surface area is 129 Å². The molecule has 0 aliphatic heterocycles. The molecule has 0 bridgehead atoms. The van der Waals surface area contributed by atoms with Gasteiger partial charge in [-0.2, -0.15) is 0 Å². The number of hydrogen-bond acceptors (Lipinski definition) is 2. The number of ether oxygens (including phenoxy) is 1. The fourth-order valence-corrected chi connectivity index (χ4v) is 2.96. The monoisotopic (exact) mass is 285 g/mol. The Bertz CT molecular complexity index is 961. The number of hydrogen-bond donors (Lipinski definition) is 0. The van der Waals surface area contributed by atoms with Crippen LogP contribution >= 0.6 is 0 Å². The van der Waals surface area contributed by atoms with Gasteiger partial charge in [0.25, 0.3) is 0 Å². The Balaban J connectivity index is 2.19. The molecule has 2 heteroatoms. The van der Waals surface area contributed by atoms with E-state index in [1.807, 2.05) is 36.4 Å². The Morgan fingerprint density at radius 2 is 1.45 bits per heavy atom. The van der Waals surface area contributed by atoms with Crippen molar-refractivity contribution in [1.82, 2.24) is 4.98 Å². The van der Waals surface area contributed by atoms with Crippen molar-refractivity contribution in [3.8, 4) is 17.0 Å². The molecule has 0 unspecified atom stereocenters. The lowest BCUT2D eigenvalue weighted by Gasteiger charge is -2.12. The number of nitrogens with zero attached hydrogens (tertiary/aromatic N) is 1. The van der Waals surface area contributed by atoms with Gasteiger partial charge in [0.1, 0.15) is 5.75 Å². The third-order valence-electron chi connectivity index (χ3n) is 3.96. The summed E-state index contributed by atoms with van der Waals surface area (Å²) in [6.45, 7) is 0. The Hall–Kier alpha value is -2.87. The molecule has 0 aliphatic rings. The van der Waals surface area contributed by atoms with E-state index in [2.05, 4.69) is 36.4 Å². The predicted molar refractivity (Wildman–Crippen MR) is 91.2 cm³/mol. The molecule has 4 aromatic rings. The zero-order valence-corrected chi connectivity index (χ0v) is 12.3. The van der Waals surface area contributed by atoms with E-state index in [4.69, 9.17) is 9.72 Å². The molecule has 0 saturated carbocycles. The molecular formula is C20H15NO. The van der Waals surface area contributed by atoms with Crippen molar-refractivity contribution in [3.63, 3.8) is 0 Å². The van der Waals surface area contributed by atoms with Crippen LogP contribution in [0.15, 0.2) is 72.8 Å². The van der Waals surface area contributed by atoms with Crippen molar-refractivity contribution < 1.29 is 4.74 Å². The molecule has 0 aliphatic carbocycles. The van der Waals surface area contributed by atoms with Crippen LogP contribution in [-0.2, 0) is 0 Å². The molecule has 3 aromatic carbocycles. The summed E-state index contributed by atoms with van der Waals surface area (Å²) >= 11 is 0. The molecule has 0 fully saturated rings. The van der Waals surface area contributed by atoms with E-state index in [9.17, 15) is 0 Å². The molecule has 2 nitrogen and oxygen atoms in total. The smallest absolute Gasteiger partial charge is 0.128 e. The van der Waals surface area contributed by atoms with E-state index >= 15 is 0 Å². The van der Waals surface area contributed by atoms with Crippen molar-refractivity contribution in [2.24, 2.45) is 0 Å². The van der Waals surface area contributed by atoms with Gasteiger partial charge in [-0.25, -0.2) is 4.98 Å². The summed E-state index contributed by atoms with van der Waals surface area (Å²) in [5.41, 5.74) is 3.09. The molecular weight excluding hydrogens is 270 g/mol. The molecule has 0 N–H and O–H groups in total. The maximum Gasteiger partial charge on any atom is 0.128 e. The SMILES string of the molecule is COc1cccc2nc(-c3ccccc3)c3ccccc3c12. The Kier molecular flexibility index (Phi) is 3.01. The molecule has 0 amide bonds. The Morgan fingerprint density at radius 3 is 2.23 bits per heavy atom. The van der Waals surface area contributed by atoms with Crippen LogP contribution in [0.1, 0.15) is 0 Å². The van der Waals surface area contributed by atoms with Crippen LogP contribution in [0.3, 0.4) is 0 Å². The van der Waals surface area contributed by atoms with Crippen LogP contribution in [0, 0.1) is 0 Å². The van der Waals surface area contributed by atoms with Crippen LogP contribution in [0.2, 0.25) is 0 Å². The molecule has 0 atom stereocenters. The summed E-state index contributed by atoms with van der Waals surface area (Å²) < 4.78 is 5.54. The largest absolute Gasteiger partial charge is 0.496 e. The highest BCUT2D eigenvalue weighted by molar-refractivity contribution is 6.13. The van der Waals surface area contributed by atoms with Crippen molar-refractivity contribution in [2.75, 3.05) is 7.11 Å². The van der Waals surface area contributed by atoms with Crippen molar-refractivity contribution in [1.29, 1.82) is 0 Å². The number of methoxy groups -OCH3 is 1. The average molecular weight is 285 g/mol. The molecule has 0 radical (unpaired) electrons. The minimum Gasteiger partial charge on any atom is -0.496 e. The molecule has 0 saturated heterocycles. The standard InChI is InChI=1S/C20H15NO/c1-22-18-13-7-12-17-19(18)15-10-5-6-11-16(15)20(21-17)14-8-3-2-4-9-14/h2-13H,1H3. The van der Waals surface area contributed by atoms with Gasteiger partial charge in [0.15, 0.2) is 0 Å². The van der Waals surface area contributed by atoms with Crippen LogP contribution in [-0.4, -0.2) is 12.1 Å². The average Bonchev–Trinajstić information content (AvgIpc) is 2.61. The second kappa shape index (κ2) is 5.15. The summed E-state index contributed by atoms with van der Waals surface area (Å²) in [5.74, 6) is 0.862. The molecule has 1 heterocycles. The zero-order chi connectivity index (χ0) is 14.9. The van der Waals surface area contributed by atoms with Gasteiger partial charge in [-0.05, 0) is 17.5 Å². The summed E-state index contributed by atoms with van der Waals surface area (Å²) in [6, 6.07) is 24.7. The van der Waals surface area contributed by atoms with Gasteiger partial charge in [-0.3, -0.25) is 0 Å². The van der Waals surface area contributed by atoms with E-state index in [0.29, 0.717) is 0 Å². The van der Waals surface area contributed by atoms with Crippen molar-refractivity contribution in [2.45, 2.75) is 0 Å². The molecule has 4 rings (SSSR count). The maximum absolute atomic E-state index is 5.54. The van der Waals surface area contributed by atoms with Gasteiger partial charge < -0.3 is 4.74 Å². The summed E-state index contributed by atoms with van der Waals surface area (Å²) in [4.78, 5) is 4.90. The van der Waals surface area contributed by atoms with Crippen LogP contribution in [0.4, 0.5) is 0 Å². The highest BCUT2D eigenvalue weighted by Crippen LogP contribution is 2.36. The van der Waals surface area contributed by atoms with E-state index in [1.165, 1.54) is 5.39 Å². The Morgan fingerprint density at radius 1 is 0.727 bits per heavy atom. The van der Waals surface area contributed by atoms with Gasteiger partial charge in [0.2, 0.25) is 0 Å². The van der Waals surface area contributed by atoms with Crippen LogP contribution in [0.5, 0.6) is 5.75 Å². The minimum atomic E-state index is 0.862. The van der Waals surface area contributed by atoms with E-state index < -0.39 is 0 Å². The fraction of sp³-hybridized carbons (Fsp3) is 0.0500. The quantitative estimate of drug-likeness (QED) is 0.480. The first-order chi connectivity index (χ1) is 10.9. The second-order valence-electron chi connectivity index (χ2n) is 5.23. The molecule has 106 valence electrons. The fourth-order valence-electron chi connectivity index (χ4n) is 2.96. The summed E-state index contributed by atoms with van der Waals surface area (Å²) in [6.07, 6.45) is 0. The highest BCUT2D eigenvalue weighted by atomic mass is 16.5. The predicted octanol–water partition coefficient (Wildman–Crippen LogP) is 5.06. The van der Waals surface area contributed by atoms with Crippen LogP contribution in [0.25, 0.3) is 32.9 Å². The third kappa shape index (κ3) is 1.92. The highest BCUT2D eigenvalue weighted by Gasteiger charge is 2.12. The number of pyridine rings is 1. The van der Waals surface area contributed by atoms with E-state index in [0.717, 1.165) is 33.3 Å². The molecule has 22 heavy (non-hydrogen) atoms. The lowest BCUT2D eigenvalue weighted by atomic mass is 9.99. The maximum atomic E-state index is 5.54. The van der Waals surface area contributed by atoms with Crippen LogP contribution < -0.4 is 4.74 Å². The number of fused-ring (bicyclic) bond motifs is 3. The first-order valence-electron chi connectivity index (χ1n) is 7.29. The van der Waals surface area contributed by atoms with Crippen molar-refractivity contribution in [3.05, 3.63) is 72.8 Å². The molecule has 1 aromatic heterocycles. The number of aromatic nitrogens is 1. The van der Waals surface area contributed by atoms with Gasteiger partial charge in [0, 0.05) is 10.9 Å². The lowest BCUT2D eigenvalue weighted by molar-refractivity contribution is 0.420. The minimum absolute atomic E-state index is 0.862. The van der Waals surface area contributed by atoms with E-state index in [-0.39, 0.29) is 0 Å². The number of rotatable bonds is 2. The van der Waals surface area contributed by atoms with Crippen molar-refractivity contribution >= 4 is 21.7 Å². The lowest BCUT2D eigenvalue weighted by Crippen LogP contribution is -1.92. The molecule has 0 spiro atoms. The normalized spacial score (nSPS) is 11.0.